The number of H-pyrrole nitrogens is 2. The van der Waals surface area contributed by atoms with Gasteiger partial charge in [-0.3, -0.25) is 4.98 Å². The number of nitrogens with zero attached hydrogens (tertiary/aromatic N) is 3. The van der Waals surface area contributed by atoms with E-state index in [9.17, 15) is 0 Å². The molecule has 29 heavy (non-hydrogen) atoms. The fourth-order valence-corrected chi connectivity index (χ4v) is 3.38. The van der Waals surface area contributed by atoms with Crippen LogP contribution in [0.1, 0.15) is 5.56 Å². The molecular formula is C22H19N7. The minimum atomic E-state index is 0.413. The highest BCUT2D eigenvalue weighted by molar-refractivity contribution is 5.95. The number of imidazole rings is 1. The molecule has 0 fully saturated rings. The highest BCUT2D eigenvalue weighted by Gasteiger charge is 2.10. The van der Waals surface area contributed by atoms with Gasteiger partial charge in [0, 0.05) is 30.5 Å². The molecule has 4 heterocycles. The predicted octanol–water partition coefficient (Wildman–Crippen LogP) is 4.21. The van der Waals surface area contributed by atoms with Gasteiger partial charge >= 0.3 is 0 Å². The number of rotatable bonds is 5. The van der Waals surface area contributed by atoms with Crippen molar-refractivity contribution in [2.75, 3.05) is 11.1 Å². The van der Waals surface area contributed by atoms with E-state index in [-0.39, 0.29) is 0 Å². The van der Waals surface area contributed by atoms with Crippen LogP contribution in [-0.4, -0.2) is 24.9 Å². The summed E-state index contributed by atoms with van der Waals surface area (Å²) in [5.41, 5.74) is 11.8. The van der Waals surface area contributed by atoms with Crippen molar-refractivity contribution < 1.29 is 0 Å². The van der Waals surface area contributed by atoms with E-state index in [0.717, 1.165) is 44.8 Å². The van der Waals surface area contributed by atoms with Crippen LogP contribution in [0.25, 0.3) is 33.4 Å². The number of benzene rings is 1. The molecule has 0 unspecified atom stereocenters. The van der Waals surface area contributed by atoms with Gasteiger partial charge in [0.15, 0.2) is 5.95 Å². The zero-order valence-corrected chi connectivity index (χ0v) is 15.6. The summed E-state index contributed by atoms with van der Waals surface area (Å²) < 4.78 is 0. The van der Waals surface area contributed by atoms with E-state index >= 15 is 0 Å². The van der Waals surface area contributed by atoms with Gasteiger partial charge in [-0.25, -0.2) is 9.97 Å². The summed E-state index contributed by atoms with van der Waals surface area (Å²) in [5, 5.41) is 4.47. The largest absolute Gasteiger partial charge is 0.369 e. The molecule has 1 aromatic carbocycles. The quantitative estimate of drug-likeness (QED) is 0.365. The number of fused-ring (bicyclic) bond motifs is 1. The maximum atomic E-state index is 5.69. The summed E-state index contributed by atoms with van der Waals surface area (Å²) in [7, 11) is 0. The lowest BCUT2D eigenvalue weighted by atomic mass is 10.0. The van der Waals surface area contributed by atoms with E-state index in [1.165, 1.54) is 0 Å². The molecule has 0 amide bonds. The first kappa shape index (κ1) is 17.0. The van der Waals surface area contributed by atoms with Crippen molar-refractivity contribution in [2.24, 2.45) is 0 Å². The van der Waals surface area contributed by atoms with E-state index in [4.69, 9.17) is 10.7 Å². The van der Waals surface area contributed by atoms with Crippen molar-refractivity contribution in [2.45, 2.75) is 6.54 Å². The predicted molar refractivity (Wildman–Crippen MR) is 115 cm³/mol. The van der Waals surface area contributed by atoms with Crippen molar-refractivity contribution >= 4 is 22.8 Å². The van der Waals surface area contributed by atoms with E-state index < -0.39 is 0 Å². The third-order valence-corrected chi connectivity index (χ3v) is 4.83. The summed E-state index contributed by atoms with van der Waals surface area (Å²) in [6.45, 7) is 0.659. The Morgan fingerprint density at radius 1 is 1.00 bits per heavy atom. The van der Waals surface area contributed by atoms with Crippen LogP contribution in [0, 0.1) is 0 Å². The van der Waals surface area contributed by atoms with Gasteiger partial charge in [-0.2, -0.15) is 0 Å². The van der Waals surface area contributed by atoms with Gasteiger partial charge in [0.25, 0.3) is 0 Å². The first-order valence-corrected chi connectivity index (χ1v) is 9.28. The number of pyridine rings is 2. The Hall–Kier alpha value is -4.13. The SMILES string of the molecule is Nc1ncc(-c2ccc(-c3cc(NCc4cccnc4)nc4[nH]ccc34)cc2)[nH]1. The summed E-state index contributed by atoms with van der Waals surface area (Å²) in [6.07, 6.45) is 7.27. The molecule has 0 saturated heterocycles. The van der Waals surface area contributed by atoms with Crippen LogP contribution >= 0.6 is 0 Å². The summed E-state index contributed by atoms with van der Waals surface area (Å²) in [6, 6.07) is 16.4. The number of nitrogen functional groups attached to an aromatic ring is 1. The van der Waals surface area contributed by atoms with Gasteiger partial charge < -0.3 is 21.0 Å². The fraction of sp³-hybridized carbons (Fsp3) is 0.0455. The number of hydrogen-bond acceptors (Lipinski definition) is 5. The molecule has 0 spiro atoms. The molecule has 5 aromatic rings. The number of aromatic amines is 2. The Morgan fingerprint density at radius 2 is 1.86 bits per heavy atom. The lowest BCUT2D eigenvalue weighted by Gasteiger charge is -2.10. The number of hydrogen-bond donors (Lipinski definition) is 4. The topological polar surface area (TPSA) is 108 Å². The van der Waals surface area contributed by atoms with Gasteiger partial charge in [0.1, 0.15) is 11.5 Å². The van der Waals surface area contributed by atoms with Crippen molar-refractivity contribution in [3.8, 4) is 22.4 Å². The molecule has 0 saturated carbocycles. The normalized spacial score (nSPS) is 11.0. The highest BCUT2D eigenvalue weighted by Crippen LogP contribution is 2.31. The smallest absolute Gasteiger partial charge is 0.197 e. The Bertz CT molecular complexity index is 1250. The molecule has 0 radical (unpaired) electrons. The molecule has 7 nitrogen and oxygen atoms in total. The van der Waals surface area contributed by atoms with Crippen molar-refractivity contribution in [1.29, 1.82) is 0 Å². The van der Waals surface area contributed by atoms with E-state index in [1.807, 2.05) is 30.6 Å². The van der Waals surface area contributed by atoms with Gasteiger partial charge in [0.05, 0.1) is 11.9 Å². The average molecular weight is 381 g/mol. The van der Waals surface area contributed by atoms with Gasteiger partial charge in [-0.1, -0.05) is 30.3 Å². The van der Waals surface area contributed by atoms with Crippen LogP contribution in [0.4, 0.5) is 11.8 Å². The lowest BCUT2D eigenvalue weighted by Crippen LogP contribution is -2.02. The minimum Gasteiger partial charge on any atom is -0.369 e. The van der Waals surface area contributed by atoms with E-state index in [2.05, 4.69) is 55.6 Å². The second-order valence-corrected chi connectivity index (χ2v) is 6.77. The van der Waals surface area contributed by atoms with Gasteiger partial charge in [-0.05, 0) is 40.5 Å². The molecule has 142 valence electrons. The maximum Gasteiger partial charge on any atom is 0.197 e. The fourth-order valence-electron chi connectivity index (χ4n) is 3.38. The third kappa shape index (κ3) is 3.41. The minimum absolute atomic E-state index is 0.413. The van der Waals surface area contributed by atoms with Crippen LogP contribution in [0.5, 0.6) is 0 Å². The Balaban J connectivity index is 1.48. The summed E-state index contributed by atoms with van der Waals surface area (Å²) in [5.74, 6) is 1.22. The van der Waals surface area contributed by atoms with E-state index in [1.54, 1.807) is 12.4 Å². The second-order valence-electron chi connectivity index (χ2n) is 6.77. The molecule has 0 atom stereocenters. The van der Waals surface area contributed by atoms with Gasteiger partial charge in [0.2, 0.25) is 0 Å². The Morgan fingerprint density at radius 3 is 2.62 bits per heavy atom. The second kappa shape index (κ2) is 7.12. The zero-order chi connectivity index (χ0) is 19.6. The standard InChI is InChI=1S/C22H19N7/c23-22-27-13-19(28-22)16-5-3-15(4-6-16)18-10-20(29-21-17(18)7-9-25-21)26-12-14-2-1-8-24-11-14/h1-11,13H,12H2,(H3,23,27,28)(H2,25,26,29). The molecule has 0 aliphatic heterocycles. The van der Waals surface area contributed by atoms with Crippen LogP contribution in [-0.2, 0) is 6.54 Å². The molecule has 5 rings (SSSR count). The monoisotopic (exact) mass is 381 g/mol. The Kier molecular flexibility index (Phi) is 4.18. The first-order valence-electron chi connectivity index (χ1n) is 9.28. The van der Waals surface area contributed by atoms with Crippen molar-refractivity contribution in [3.05, 3.63) is 78.9 Å². The molecule has 0 aliphatic carbocycles. The van der Waals surface area contributed by atoms with Crippen LogP contribution in [0.3, 0.4) is 0 Å². The molecule has 7 heteroatoms. The number of nitrogens with two attached hydrogens (primary N) is 1. The summed E-state index contributed by atoms with van der Waals surface area (Å²) >= 11 is 0. The molecule has 4 aromatic heterocycles. The molecule has 0 bridgehead atoms. The lowest BCUT2D eigenvalue weighted by molar-refractivity contribution is 1.09. The third-order valence-electron chi connectivity index (χ3n) is 4.83. The first-order chi connectivity index (χ1) is 14.3. The number of anilines is 2. The Labute approximate surface area is 167 Å². The highest BCUT2D eigenvalue weighted by atomic mass is 15.0. The average Bonchev–Trinajstić information content (AvgIpc) is 3.41. The van der Waals surface area contributed by atoms with Crippen LogP contribution in [0.2, 0.25) is 0 Å². The number of nitrogens with one attached hydrogen (secondary N) is 3. The van der Waals surface area contributed by atoms with E-state index in [0.29, 0.717) is 12.5 Å². The molecular weight excluding hydrogens is 362 g/mol. The van der Waals surface area contributed by atoms with Crippen molar-refractivity contribution in [1.82, 2.24) is 24.9 Å². The number of aromatic nitrogens is 5. The van der Waals surface area contributed by atoms with Gasteiger partial charge in [-0.15, -0.1) is 0 Å². The zero-order valence-electron chi connectivity index (χ0n) is 15.6. The summed E-state index contributed by atoms with van der Waals surface area (Å²) in [4.78, 5) is 19.2. The maximum absolute atomic E-state index is 5.69. The van der Waals surface area contributed by atoms with Crippen LogP contribution in [0.15, 0.2) is 73.3 Å². The molecule has 0 aliphatic rings. The van der Waals surface area contributed by atoms with Crippen LogP contribution < -0.4 is 11.1 Å². The molecule has 5 N–H and O–H groups in total. The van der Waals surface area contributed by atoms with Crippen molar-refractivity contribution in [3.63, 3.8) is 0 Å².